The summed E-state index contributed by atoms with van der Waals surface area (Å²) in [5.41, 5.74) is 0.659. The van der Waals surface area contributed by atoms with E-state index in [2.05, 4.69) is 11.4 Å². The number of nitrogens with one attached hydrogen (secondary N) is 1. The predicted octanol–water partition coefficient (Wildman–Crippen LogP) is 1.87. The number of carbonyl (C=O) groups excluding carboxylic acids is 1. The monoisotopic (exact) mass is 261 g/mol. The second-order valence-electron chi connectivity index (χ2n) is 4.03. The van der Waals surface area contributed by atoms with Crippen LogP contribution in [-0.4, -0.2) is 37.6 Å². The molecule has 0 atom stereocenters. The topological polar surface area (TPSA) is 65.4 Å². The van der Waals surface area contributed by atoms with Gasteiger partial charge >= 0.3 is 0 Å². The number of methoxy groups -OCH3 is 1. The molecule has 1 amide bonds. The van der Waals surface area contributed by atoms with Crippen molar-refractivity contribution in [1.29, 1.82) is 5.26 Å². The Balaban J connectivity index is 2.57. The van der Waals surface area contributed by atoms with Crippen molar-refractivity contribution in [1.82, 2.24) is 4.90 Å². The van der Waals surface area contributed by atoms with Crippen molar-refractivity contribution in [2.24, 2.45) is 0 Å². The zero-order valence-electron chi connectivity index (χ0n) is 11.3. The van der Waals surface area contributed by atoms with Gasteiger partial charge in [0.2, 0.25) is 5.91 Å². The van der Waals surface area contributed by atoms with Crippen molar-refractivity contribution in [3.63, 3.8) is 0 Å². The standard InChI is InChI=1S/C14H19N3O2/c1-3-17(10-6-9-15)11-14(18)16-12-7-4-5-8-13(12)19-2/h4-5,7-8H,3,6,10-11H2,1-2H3,(H,16,18). The Morgan fingerprint density at radius 2 is 2.21 bits per heavy atom. The molecule has 5 nitrogen and oxygen atoms in total. The molecule has 0 aromatic heterocycles. The van der Waals surface area contributed by atoms with Gasteiger partial charge < -0.3 is 10.1 Å². The number of nitrogens with zero attached hydrogens (tertiary/aromatic N) is 2. The third kappa shape index (κ3) is 4.98. The third-order valence-corrected chi connectivity index (χ3v) is 2.74. The number of carbonyl (C=O) groups is 1. The Bertz CT molecular complexity index is 454. The smallest absolute Gasteiger partial charge is 0.238 e. The summed E-state index contributed by atoms with van der Waals surface area (Å²) in [4.78, 5) is 13.8. The lowest BCUT2D eigenvalue weighted by molar-refractivity contribution is -0.117. The van der Waals surface area contributed by atoms with Crippen LogP contribution in [0.4, 0.5) is 5.69 Å². The summed E-state index contributed by atoms with van der Waals surface area (Å²) in [6, 6.07) is 9.35. The van der Waals surface area contributed by atoms with Crippen molar-refractivity contribution in [3.05, 3.63) is 24.3 Å². The van der Waals surface area contributed by atoms with Gasteiger partial charge in [-0.3, -0.25) is 9.69 Å². The van der Waals surface area contributed by atoms with E-state index < -0.39 is 0 Å². The molecule has 1 rings (SSSR count). The number of para-hydroxylation sites is 2. The van der Waals surface area contributed by atoms with Crippen LogP contribution < -0.4 is 10.1 Å². The fourth-order valence-electron chi connectivity index (χ4n) is 1.70. The van der Waals surface area contributed by atoms with E-state index in [1.165, 1.54) is 0 Å². The van der Waals surface area contributed by atoms with Gasteiger partial charge in [-0.2, -0.15) is 5.26 Å². The van der Waals surface area contributed by atoms with E-state index in [-0.39, 0.29) is 12.5 Å². The molecule has 5 heteroatoms. The number of likely N-dealkylation sites (N-methyl/N-ethyl adjacent to an activating group) is 1. The van der Waals surface area contributed by atoms with Crippen LogP contribution in [0, 0.1) is 11.3 Å². The minimum atomic E-state index is -0.107. The first-order chi connectivity index (χ1) is 9.21. The van der Waals surface area contributed by atoms with Gasteiger partial charge in [0.05, 0.1) is 25.4 Å². The van der Waals surface area contributed by atoms with Crippen LogP contribution in [-0.2, 0) is 4.79 Å². The van der Waals surface area contributed by atoms with Gasteiger partial charge in [-0.1, -0.05) is 19.1 Å². The molecule has 0 fully saturated rings. The van der Waals surface area contributed by atoms with Crippen molar-refractivity contribution < 1.29 is 9.53 Å². The highest BCUT2D eigenvalue weighted by Crippen LogP contribution is 2.22. The highest BCUT2D eigenvalue weighted by molar-refractivity contribution is 5.93. The summed E-state index contributed by atoms with van der Waals surface area (Å²) in [6.07, 6.45) is 0.426. The van der Waals surface area contributed by atoms with Crippen LogP contribution >= 0.6 is 0 Å². The second-order valence-corrected chi connectivity index (χ2v) is 4.03. The average Bonchev–Trinajstić information content (AvgIpc) is 2.44. The maximum atomic E-state index is 11.9. The SMILES string of the molecule is CCN(CCC#N)CC(=O)Nc1ccccc1OC. The molecule has 19 heavy (non-hydrogen) atoms. The van der Waals surface area contributed by atoms with Gasteiger partial charge in [0, 0.05) is 13.0 Å². The minimum Gasteiger partial charge on any atom is -0.495 e. The van der Waals surface area contributed by atoms with Crippen LogP contribution in [0.5, 0.6) is 5.75 Å². The van der Waals surface area contributed by atoms with Crippen molar-refractivity contribution >= 4 is 11.6 Å². The molecular formula is C14H19N3O2. The molecular weight excluding hydrogens is 242 g/mol. The van der Waals surface area contributed by atoms with Crippen LogP contribution in [0.1, 0.15) is 13.3 Å². The summed E-state index contributed by atoms with van der Waals surface area (Å²) < 4.78 is 5.17. The molecule has 0 radical (unpaired) electrons. The summed E-state index contributed by atoms with van der Waals surface area (Å²) in [5, 5.41) is 11.4. The minimum absolute atomic E-state index is 0.107. The van der Waals surface area contributed by atoms with E-state index in [1.807, 2.05) is 24.0 Å². The first-order valence-corrected chi connectivity index (χ1v) is 6.23. The Morgan fingerprint density at radius 1 is 1.47 bits per heavy atom. The lowest BCUT2D eigenvalue weighted by Gasteiger charge is -2.18. The summed E-state index contributed by atoms with van der Waals surface area (Å²) in [7, 11) is 1.57. The van der Waals surface area contributed by atoms with E-state index >= 15 is 0 Å². The quantitative estimate of drug-likeness (QED) is 0.813. The van der Waals surface area contributed by atoms with Crippen molar-refractivity contribution in [2.45, 2.75) is 13.3 Å². The van der Waals surface area contributed by atoms with Crippen LogP contribution in [0.2, 0.25) is 0 Å². The number of rotatable bonds is 7. The molecule has 0 unspecified atom stereocenters. The fraction of sp³-hybridized carbons (Fsp3) is 0.429. The van der Waals surface area contributed by atoms with E-state index in [4.69, 9.17) is 10.00 Å². The van der Waals surface area contributed by atoms with Crippen molar-refractivity contribution in [2.75, 3.05) is 32.1 Å². The summed E-state index contributed by atoms with van der Waals surface area (Å²) in [5.74, 6) is 0.528. The molecule has 0 saturated heterocycles. The fourth-order valence-corrected chi connectivity index (χ4v) is 1.70. The molecule has 102 valence electrons. The van der Waals surface area contributed by atoms with Gasteiger partial charge in [-0.25, -0.2) is 0 Å². The molecule has 0 aliphatic heterocycles. The molecule has 0 saturated carbocycles. The number of benzene rings is 1. The number of hydrogen-bond acceptors (Lipinski definition) is 4. The van der Waals surface area contributed by atoms with E-state index in [1.54, 1.807) is 19.2 Å². The van der Waals surface area contributed by atoms with Gasteiger partial charge in [-0.15, -0.1) is 0 Å². The highest BCUT2D eigenvalue weighted by atomic mass is 16.5. The second kappa shape index (κ2) is 8.11. The maximum Gasteiger partial charge on any atom is 0.238 e. The van der Waals surface area contributed by atoms with Crippen LogP contribution in [0.25, 0.3) is 0 Å². The number of nitriles is 1. The first kappa shape index (κ1) is 15.0. The highest BCUT2D eigenvalue weighted by Gasteiger charge is 2.10. The maximum absolute atomic E-state index is 11.9. The van der Waals surface area contributed by atoms with Gasteiger partial charge in [0.15, 0.2) is 0 Å². The van der Waals surface area contributed by atoms with Gasteiger partial charge in [0.1, 0.15) is 5.75 Å². The number of hydrogen-bond donors (Lipinski definition) is 1. The Kier molecular flexibility index (Phi) is 6.41. The van der Waals surface area contributed by atoms with Crippen LogP contribution in [0.15, 0.2) is 24.3 Å². The number of amides is 1. The molecule has 1 aromatic rings. The molecule has 0 bridgehead atoms. The van der Waals surface area contributed by atoms with Gasteiger partial charge in [-0.05, 0) is 18.7 Å². The summed E-state index contributed by atoms with van der Waals surface area (Å²) >= 11 is 0. The lowest BCUT2D eigenvalue weighted by Crippen LogP contribution is -2.33. The Morgan fingerprint density at radius 3 is 2.84 bits per heavy atom. The summed E-state index contributed by atoms with van der Waals surface area (Å²) in [6.45, 7) is 3.58. The Hall–Kier alpha value is -2.06. The molecule has 0 aliphatic rings. The molecule has 0 aliphatic carbocycles. The predicted molar refractivity (Wildman–Crippen MR) is 74.0 cm³/mol. The van der Waals surface area contributed by atoms with Crippen molar-refractivity contribution in [3.8, 4) is 11.8 Å². The zero-order valence-corrected chi connectivity index (χ0v) is 11.3. The van der Waals surface area contributed by atoms with E-state index in [0.29, 0.717) is 24.4 Å². The normalized spacial score (nSPS) is 10.0. The van der Waals surface area contributed by atoms with Crippen LogP contribution in [0.3, 0.4) is 0 Å². The molecule has 1 N–H and O–H groups in total. The number of anilines is 1. The molecule has 0 heterocycles. The molecule has 0 spiro atoms. The zero-order chi connectivity index (χ0) is 14.1. The van der Waals surface area contributed by atoms with E-state index in [0.717, 1.165) is 6.54 Å². The third-order valence-electron chi connectivity index (χ3n) is 2.74. The largest absolute Gasteiger partial charge is 0.495 e. The first-order valence-electron chi connectivity index (χ1n) is 6.23. The van der Waals surface area contributed by atoms with Gasteiger partial charge in [0.25, 0.3) is 0 Å². The average molecular weight is 261 g/mol. The Labute approximate surface area is 113 Å². The lowest BCUT2D eigenvalue weighted by atomic mass is 10.3. The van der Waals surface area contributed by atoms with E-state index in [9.17, 15) is 4.79 Å². The number of ether oxygens (including phenoxy) is 1. The molecule has 1 aromatic carbocycles.